The van der Waals surface area contributed by atoms with Gasteiger partial charge >= 0.3 is 6.18 Å². The van der Waals surface area contributed by atoms with Crippen LogP contribution in [-0.2, 0) is 16.2 Å². The molecule has 4 rings (SSSR count). The fourth-order valence-corrected chi connectivity index (χ4v) is 5.04. The molecule has 2 aliphatic heterocycles. The number of hydrogen-bond acceptors (Lipinski definition) is 6. The molecule has 182 valence electrons. The third-order valence-electron chi connectivity index (χ3n) is 5.70. The number of aromatic nitrogens is 1. The van der Waals surface area contributed by atoms with Gasteiger partial charge in [0.05, 0.1) is 6.61 Å². The first-order valence-corrected chi connectivity index (χ1v) is 10.9. The number of anilines is 1. The highest BCUT2D eigenvalue weighted by Crippen LogP contribution is 2.52. The van der Waals surface area contributed by atoms with Crippen molar-refractivity contribution in [3.8, 4) is 0 Å². The molecule has 2 aliphatic rings. The third-order valence-corrected chi connectivity index (χ3v) is 6.61. The Kier molecular flexibility index (Phi) is 6.05. The summed E-state index contributed by atoms with van der Waals surface area (Å²) in [6.07, 6.45) is -5.99. The van der Waals surface area contributed by atoms with Crippen LogP contribution >= 0.6 is 11.8 Å². The lowest BCUT2D eigenvalue weighted by atomic mass is 9.78. The van der Waals surface area contributed by atoms with Crippen molar-refractivity contribution in [3.05, 3.63) is 59.2 Å². The third kappa shape index (κ3) is 4.45. The van der Waals surface area contributed by atoms with Crippen LogP contribution in [0.3, 0.4) is 0 Å². The van der Waals surface area contributed by atoms with E-state index in [2.05, 4.69) is 15.3 Å². The first-order chi connectivity index (χ1) is 15.8. The van der Waals surface area contributed by atoms with E-state index in [-0.39, 0.29) is 33.4 Å². The van der Waals surface area contributed by atoms with Crippen LogP contribution in [0.25, 0.3) is 0 Å². The SMILES string of the molecule is CC(F)(F)c1ccc(C(=O)Nc2ccc(F)c([C@]34CO[C@H](C(F)(F)F)[C@H]3CSC(N)=N4)c2)nc1. The number of nitrogens with zero attached hydrogens (tertiary/aromatic N) is 2. The summed E-state index contributed by atoms with van der Waals surface area (Å²) < 4.78 is 87.2. The highest BCUT2D eigenvalue weighted by molar-refractivity contribution is 8.13. The topological polar surface area (TPSA) is 89.6 Å². The van der Waals surface area contributed by atoms with Crippen LogP contribution in [0.5, 0.6) is 0 Å². The Morgan fingerprint density at radius 3 is 2.59 bits per heavy atom. The maximum Gasteiger partial charge on any atom is 0.415 e. The number of benzene rings is 1. The normalized spacial score (nSPS) is 25.0. The minimum atomic E-state index is -4.69. The van der Waals surface area contributed by atoms with E-state index < -0.39 is 48.0 Å². The molecule has 1 aromatic heterocycles. The van der Waals surface area contributed by atoms with Crippen LogP contribution in [0, 0.1) is 11.7 Å². The lowest BCUT2D eigenvalue weighted by Gasteiger charge is -2.36. The Labute approximate surface area is 194 Å². The quantitative estimate of drug-likeness (QED) is 0.602. The molecule has 1 amide bonds. The number of carbonyl (C=O) groups excluding carboxylic acids is 1. The standard InChI is InChI=1S/C21H18F6N4O2S/c1-19(23,24)10-2-5-15(29-7-10)17(32)30-11-3-4-14(22)12(6-11)20-9-33-16(21(25,26)27)13(20)8-34-18(28)31-20/h2-7,13,16H,8-9H2,1H3,(H2,28,31)(H,30,32)/t13-,16+,20-/m1/s1. The zero-order valence-corrected chi connectivity index (χ0v) is 18.3. The molecule has 0 saturated carbocycles. The van der Waals surface area contributed by atoms with Crippen molar-refractivity contribution in [1.82, 2.24) is 4.98 Å². The highest BCUT2D eigenvalue weighted by Gasteiger charge is 2.62. The largest absolute Gasteiger partial charge is 0.415 e. The number of fused-ring (bicyclic) bond motifs is 1. The van der Waals surface area contributed by atoms with Gasteiger partial charge in [0.25, 0.3) is 11.8 Å². The molecule has 34 heavy (non-hydrogen) atoms. The van der Waals surface area contributed by atoms with Crippen molar-refractivity contribution < 1.29 is 35.9 Å². The van der Waals surface area contributed by atoms with E-state index in [1.807, 2.05) is 0 Å². The summed E-state index contributed by atoms with van der Waals surface area (Å²) in [4.78, 5) is 20.4. The number of ether oxygens (including phenoxy) is 1. The van der Waals surface area contributed by atoms with Crippen molar-refractivity contribution in [3.63, 3.8) is 0 Å². The molecular formula is C21H18F6N4O2S. The van der Waals surface area contributed by atoms with Crippen molar-refractivity contribution in [2.75, 3.05) is 17.7 Å². The number of halogens is 6. The lowest BCUT2D eigenvalue weighted by Crippen LogP contribution is -2.46. The monoisotopic (exact) mass is 504 g/mol. The molecule has 0 aliphatic carbocycles. The molecule has 3 N–H and O–H groups in total. The van der Waals surface area contributed by atoms with Crippen LogP contribution in [0.1, 0.15) is 28.5 Å². The summed E-state index contributed by atoms with van der Waals surface area (Å²) in [5.74, 6) is -6.09. The number of nitrogens with one attached hydrogen (secondary N) is 1. The van der Waals surface area contributed by atoms with Gasteiger partial charge in [-0.15, -0.1) is 0 Å². The van der Waals surface area contributed by atoms with Crippen LogP contribution < -0.4 is 11.1 Å². The number of rotatable bonds is 4. The number of pyridine rings is 1. The first kappa shape index (κ1) is 24.3. The van der Waals surface area contributed by atoms with Gasteiger partial charge in [0.15, 0.2) is 11.3 Å². The molecule has 0 spiro atoms. The zero-order valence-electron chi connectivity index (χ0n) is 17.5. The summed E-state index contributed by atoms with van der Waals surface area (Å²) in [6, 6.07) is 5.51. The fraction of sp³-hybridized carbons (Fsp3) is 0.381. The summed E-state index contributed by atoms with van der Waals surface area (Å²) in [7, 11) is 0. The minimum absolute atomic E-state index is 0.00599. The second-order valence-corrected chi connectivity index (χ2v) is 9.07. The molecule has 3 heterocycles. The number of nitrogens with two attached hydrogens (primary N) is 1. The molecule has 2 aromatic rings. The second kappa shape index (κ2) is 8.45. The van der Waals surface area contributed by atoms with Gasteiger partial charge in [-0.05, 0) is 30.3 Å². The number of amidine groups is 1. The van der Waals surface area contributed by atoms with Crippen LogP contribution in [0.2, 0.25) is 0 Å². The summed E-state index contributed by atoms with van der Waals surface area (Å²) in [5.41, 5.74) is 3.31. The molecule has 6 nitrogen and oxygen atoms in total. The van der Waals surface area contributed by atoms with Crippen molar-refractivity contribution in [1.29, 1.82) is 0 Å². The van der Waals surface area contributed by atoms with E-state index in [9.17, 15) is 31.1 Å². The summed E-state index contributed by atoms with van der Waals surface area (Å²) >= 11 is 0.922. The Morgan fingerprint density at radius 2 is 1.97 bits per heavy atom. The van der Waals surface area contributed by atoms with Crippen LogP contribution in [-0.4, -0.2) is 40.7 Å². The molecule has 1 fully saturated rings. The fourth-order valence-electron chi connectivity index (χ4n) is 4.01. The number of hydrogen-bond donors (Lipinski definition) is 2. The molecule has 0 bridgehead atoms. The predicted octanol–water partition coefficient (Wildman–Crippen LogP) is 4.42. The minimum Gasteiger partial charge on any atom is -0.379 e. The van der Waals surface area contributed by atoms with E-state index >= 15 is 0 Å². The lowest BCUT2D eigenvalue weighted by molar-refractivity contribution is -0.215. The average Bonchev–Trinajstić information content (AvgIpc) is 3.14. The molecule has 13 heteroatoms. The maximum atomic E-state index is 14.9. The number of aliphatic imine (C=N–C) groups is 1. The Balaban J connectivity index is 1.66. The number of alkyl halides is 5. The van der Waals surface area contributed by atoms with E-state index in [0.29, 0.717) is 6.92 Å². The van der Waals surface area contributed by atoms with Gasteiger partial charge < -0.3 is 15.8 Å². The molecule has 1 aromatic carbocycles. The molecule has 3 atom stereocenters. The average molecular weight is 504 g/mol. The van der Waals surface area contributed by atoms with Crippen molar-refractivity contribution in [2.24, 2.45) is 16.6 Å². The number of thioether (sulfide) groups is 1. The zero-order chi connectivity index (χ0) is 24.9. The number of amides is 1. The van der Waals surface area contributed by atoms with Gasteiger partial charge in [0.1, 0.15) is 17.1 Å². The van der Waals surface area contributed by atoms with E-state index in [1.54, 1.807) is 0 Å². The van der Waals surface area contributed by atoms with Gasteiger partial charge in [-0.3, -0.25) is 9.78 Å². The smallest absolute Gasteiger partial charge is 0.379 e. The molecule has 0 radical (unpaired) electrons. The predicted molar refractivity (Wildman–Crippen MR) is 113 cm³/mol. The van der Waals surface area contributed by atoms with E-state index in [0.717, 1.165) is 36.2 Å². The van der Waals surface area contributed by atoms with Gasteiger partial charge in [-0.25, -0.2) is 18.2 Å². The van der Waals surface area contributed by atoms with Crippen molar-refractivity contribution >= 4 is 28.5 Å². The highest BCUT2D eigenvalue weighted by atomic mass is 32.2. The van der Waals surface area contributed by atoms with Gasteiger partial charge in [-0.1, -0.05) is 11.8 Å². The Morgan fingerprint density at radius 1 is 1.24 bits per heavy atom. The molecule has 1 saturated heterocycles. The second-order valence-electron chi connectivity index (χ2n) is 8.03. The summed E-state index contributed by atoms with van der Waals surface area (Å²) in [6.45, 7) is 0.136. The maximum absolute atomic E-state index is 14.9. The molecular weight excluding hydrogens is 486 g/mol. The van der Waals surface area contributed by atoms with Crippen LogP contribution in [0.15, 0.2) is 41.5 Å². The Hall–Kier alpha value is -2.80. The Bertz CT molecular complexity index is 1140. The molecule has 0 unspecified atom stereocenters. The van der Waals surface area contributed by atoms with E-state index in [4.69, 9.17) is 10.5 Å². The number of carbonyl (C=O) groups is 1. The summed E-state index contributed by atoms with van der Waals surface area (Å²) in [5, 5.41) is 2.44. The van der Waals surface area contributed by atoms with Gasteiger partial charge in [-0.2, -0.15) is 13.2 Å². The van der Waals surface area contributed by atoms with E-state index in [1.165, 1.54) is 12.1 Å². The van der Waals surface area contributed by atoms with Crippen molar-refractivity contribution in [2.45, 2.75) is 30.7 Å². The van der Waals surface area contributed by atoms with Gasteiger partial charge in [0.2, 0.25) is 0 Å². The van der Waals surface area contributed by atoms with Crippen LogP contribution in [0.4, 0.5) is 32.0 Å². The first-order valence-electron chi connectivity index (χ1n) is 9.93. The van der Waals surface area contributed by atoms with Gasteiger partial charge in [0, 0.05) is 41.6 Å².